The van der Waals surface area contributed by atoms with E-state index in [1.165, 1.54) is 0 Å². The van der Waals surface area contributed by atoms with Crippen molar-refractivity contribution in [1.29, 1.82) is 0 Å². The quantitative estimate of drug-likeness (QED) is 0.354. The molecular weight excluding hydrogens is 400 g/mol. The van der Waals surface area contributed by atoms with E-state index in [2.05, 4.69) is 5.32 Å². The maximum atomic E-state index is 13.4. The topological polar surface area (TPSA) is 81.4 Å². The highest BCUT2D eigenvalue weighted by molar-refractivity contribution is 6.32. The smallest absolute Gasteiger partial charge is 0.196 e. The molecule has 4 aromatic rings. The van der Waals surface area contributed by atoms with Crippen LogP contribution in [0.2, 0.25) is 0 Å². The van der Waals surface area contributed by atoms with Gasteiger partial charge in [-0.3, -0.25) is 9.59 Å². The van der Waals surface area contributed by atoms with Crippen LogP contribution >= 0.6 is 0 Å². The number of nitrogens with one attached hydrogen (secondary N) is 1. The van der Waals surface area contributed by atoms with Gasteiger partial charge in [-0.05, 0) is 31.2 Å². The first-order valence-corrected chi connectivity index (χ1v) is 10.2. The van der Waals surface area contributed by atoms with Crippen LogP contribution in [-0.4, -0.2) is 11.6 Å². The van der Waals surface area contributed by atoms with E-state index in [9.17, 15) is 9.59 Å². The lowest BCUT2D eigenvalue weighted by atomic mass is 9.82. The van der Waals surface area contributed by atoms with Crippen molar-refractivity contribution >= 4 is 28.6 Å². The molecule has 1 aliphatic carbocycles. The molecule has 156 valence electrons. The van der Waals surface area contributed by atoms with E-state index in [-0.39, 0.29) is 28.4 Å². The Bertz CT molecular complexity index is 1360. The van der Waals surface area contributed by atoms with Crippen LogP contribution < -0.4 is 15.8 Å². The Balaban J connectivity index is 1.70. The number of carbonyl (C=O) groups is 2. The number of rotatable bonds is 4. The van der Waals surface area contributed by atoms with Crippen LogP contribution in [0.15, 0.2) is 84.9 Å². The van der Waals surface area contributed by atoms with E-state index in [0.29, 0.717) is 28.3 Å². The standard InChI is InChI=1S/C27H20N2O3/c1-16-11-13-18(14-12-16)32-22-15-21(29-17-7-3-2-4-8-17)23-24(25(22)28)27(31)20-10-6-5-9-19(20)26(23)30/h2-15,29H,28H2,1H3. The van der Waals surface area contributed by atoms with Gasteiger partial charge in [0.15, 0.2) is 17.3 Å². The number of fused-ring (bicyclic) bond motifs is 2. The van der Waals surface area contributed by atoms with Gasteiger partial charge in [-0.1, -0.05) is 60.2 Å². The molecule has 0 heterocycles. The van der Waals surface area contributed by atoms with Crippen LogP contribution in [0.3, 0.4) is 0 Å². The lowest BCUT2D eigenvalue weighted by Crippen LogP contribution is -2.24. The Hall–Kier alpha value is -4.38. The molecule has 0 aliphatic heterocycles. The zero-order valence-electron chi connectivity index (χ0n) is 17.4. The Labute approximate surface area is 185 Å². The van der Waals surface area contributed by atoms with Crippen molar-refractivity contribution in [3.63, 3.8) is 0 Å². The Morgan fingerprint density at radius 2 is 1.34 bits per heavy atom. The molecule has 5 heteroatoms. The van der Waals surface area contributed by atoms with Gasteiger partial charge in [0, 0.05) is 22.9 Å². The number of hydrogen-bond acceptors (Lipinski definition) is 5. The second-order valence-corrected chi connectivity index (χ2v) is 7.70. The van der Waals surface area contributed by atoms with Gasteiger partial charge in [0.1, 0.15) is 5.75 Å². The van der Waals surface area contributed by atoms with Crippen LogP contribution in [0.5, 0.6) is 11.5 Å². The minimum atomic E-state index is -0.293. The number of ether oxygens (including phenoxy) is 1. The second kappa shape index (κ2) is 7.71. The second-order valence-electron chi connectivity index (χ2n) is 7.70. The van der Waals surface area contributed by atoms with E-state index in [4.69, 9.17) is 10.5 Å². The van der Waals surface area contributed by atoms with Crippen LogP contribution in [0.25, 0.3) is 0 Å². The molecule has 3 N–H and O–H groups in total. The predicted molar refractivity (Wildman–Crippen MR) is 125 cm³/mol. The molecular formula is C27H20N2O3. The molecule has 1 aliphatic rings. The summed E-state index contributed by atoms with van der Waals surface area (Å²) in [4.78, 5) is 26.8. The minimum Gasteiger partial charge on any atom is -0.455 e. The van der Waals surface area contributed by atoms with Crippen molar-refractivity contribution in [2.45, 2.75) is 6.92 Å². The predicted octanol–water partition coefficient (Wildman–Crippen LogP) is 5.89. The van der Waals surface area contributed by atoms with Gasteiger partial charge >= 0.3 is 0 Å². The van der Waals surface area contributed by atoms with E-state index in [1.54, 1.807) is 30.3 Å². The molecule has 0 atom stereocenters. The van der Waals surface area contributed by atoms with Gasteiger partial charge in [0.25, 0.3) is 0 Å². The molecule has 0 spiro atoms. The first kappa shape index (κ1) is 19.6. The molecule has 5 rings (SSSR count). The molecule has 0 aromatic heterocycles. The molecule has 4 aromatic carbocycles. The molecule has 0 radical (unpaired) electrons. The molecule has 0 amide bonds. The van der Waals surface area contributed by atoms with Gasteiger partial charge in [-0.25, -0.2) is 0 Å². The van der Waals surface area contributed by atoms with Crippen molar-refractivity contribution in [2.24, 2.45) is 0 Å². The van der Waals surface area contributed by atoms with Crippen molar-refractivity contribution in [3.8, 4) is 11.5 Å². The summed E-state index contributed by atoms with van der Waals surface area (Å²) >= 11 is 0. The number of benzene rings is 4. The Morgan fingerprint density at radius 3 is 2.00 bits per heavy atom. The summed E-state index contributed by atoms with van der Waals surface area (Å²) in [6.45, 7) is 1.99. The number of nitrogen functional groups attached to an aromatic ring is 1. The number of anilines is 3. The first-order valence-electron chi connectivity index (χ1n) is 10.2. The lowest BCUT2D eigenvalue weighted by molar-refractivity contribution is 0.0980. The van der Waals surface area contributed by atoms with Crippen molar-refractivity contribution in [3.05, 3.63) is 113 Å². The average molecular weight is 420 g/mol. The third kappa shape index (κ3) is 3.30. The monoisotopic (exact) mass is 420 g/mol. The molecule has 0 saturated heterocycles. The van der Waals surface area contributed by atoms with Crippen molar-refractivity contribution in [1.82, 2.24) is 0 Å². The Kier molecular flexibility index (Phi) is 4.71. The van der Waals surface area contributed by atoms with Crippen LogP contribution in [0.4, 0.5) is 17.1 Å². The van der Waals surface area contributed by atoms with Crippen LogP contribution in [-0.2, 0) is 0 Å². The van der Waals surface area contributed by atoms with Gasteiger partial charge < -0.3 is 15.8 Å². The largest absolute Gasteiger partial charge is 0.455 e. The Morgan fingerprint density at radius 1 is 0.750 bits per heavy atom. The third-order valence-electron chi connectivity index (χ3n) is 5.50. The van der Waals surface area contributed by atoms with Crippen LogP contribution in [0, 0.1) is 6.92 Å². The van der Waals surface area contributed by atoms with Gasteiger partial charge in [-0.15, -0.1) is 0 Å². The fourth-order valence-corrected chi connectivity index (χ4v) is 3.89. The van der Waals surface area contributed by atoms with E-state index in [1.807, 2.05) is 61.5 Å². The first-order chi connectivity index (χ1) is 15.5. The summed E-state index contributed by atoms with van der Waals surface area (Å²) in [5.74, 6) is 0.356. The summed E-state index contributed by atoms with van der Waals surface area (Å²) in [6.07, 6.45) is 0. The molecule has 0 bridgehead atoms. The summed E-state index contributed by atoms with van der Waals surface area (Å²) in [5, 5.41) is 3.27. The molecule has 0 saturated carbocycles. The maximum Gasteiger partial charge on any atom is 0.196 e. The van der Waals surface area contributed by atoms with Gasteiger partial charge in [0.05, 0.1) is 22.5 Å². The normalized spacial score (nSPS) is 12.2. The van der Waals surface area contributed by atoms with Crippen molar-refractivity contribution in [2.75, 3.05) is 11.1 Å². The van der Waals surface area contributed by atoms with Gasteiger partial charge in [-0.2, -0.15) is 0 Å². The summed E-state index contributed by atoms with van der Waals surface area (Å²) in [6, 6.07) is 25.4. The average Bonchev–Trinajstić information content (AvgIpc) is 2.81. The summed E-state index contributed by atoms with van der Waals surface area (Å²) in [5.41, 5.74) is 10.0. The fourth-order valence-electron chi connectivity index (χ4n) is 3.89. The minimum absolute atomic E-state index is 0.145. The summed E-state index contributed by atoms with van der Waals surface area (Å²) in [7, 11) is 0. The maximum absolute atomic E-state index is 13.4. The molecule has 32 heavy (non-hydrogen) atoms. The van der Waals surface area contributed by atoms with Gasteiger partial charge in [0.2, 0.25) is 0 Å². The molecule has 0 fully saturated rings. The number of aryl methyl sites for hydroxylation is 1. The number of carbonyl (C=O) groups excluding carboxylic acids is 2. The lowest BCUT2D eigenvalue weighted by Gasteiger charge is -2.24. The number of para-hydroxylation sites is 1. The number of nitrogens with two attached hydrogens (primary N) is 1. The molecule has 5 nitrogen and oxygen atoms in total. The highest BCUT2D eigenvalue weighted by atomic mass is 16.5. The van der Waals surface area contributed by atoms with E-state index in [0.717, 1.165) is 11.3 Å². The zero-order valence-corrected chi connectivity index (χ0v) is 17.4. The van der Waals surface area contributed by atoms with Crippen molar-refractivity contribution < 1.29 is 14.3 Å². The van der Waals surface area contributed by atoms with Crippen LogP contribution in [0.1, 0.15) is 37.4 Å². The van der Waals surface area contributed by atoms with E-state index >= 15 is 0 Å². The zero-order chi connectivity index (χ0) is 22.2. The SMILES string of the molecule is Cc1ccc(Oc2cc(Nc3ccccc3)c3c(c2N)C(=O)c2ccccc2C3=O)cc1. The molecule has 0 unspecified atom stereocenters. The summed E-state index contributed by atoms with van der Waals surface area (Å²) < 4.78 is 6.05. The number of hydrogen-bond donors (Lipinski definition) is 2. The number of ketones is 2. The third-order valence-corrected chi connectivity index (χ3v) is 5.50. The van der Waals surface area contributed by atoms with E-state index < -0.39 is 0 Å². The fraction of sp³-hybridized carbons (Fsp3) is 0.0370. The highest BCUT2D eigenvalue weighted by Gasteiger charge is 2.35. The highest BCUT2D eigenvalue weighted by Crippen LogP contribution is 2.42.